The first-order chi connectivity index (χ1) is 5.86. The molecular formula is C10H16N2. The molecule has 2 rings (SSSR count). The van der Waals surface area contributed by atoms with Crippen LogP contribution in [-0.4, -0.2) is 9.97 Å². The summed E-state index contributed by atoms with van der Waals surface area (Å²) in [6.07, 6.45) is 0. The third-order valence-corrected chi connectivity index (χ3v) is 1.51. The number of aromatic amines is 1. The Kier molecular flexibility index (Phi) is 2.86. The number of benzene rings is 1. The highest BCUT2D eigenvalue weighted by Gasteiger charge is 1.93. The summed E-state index contributed by atoms with van der Waals surface area (Å²) in [7, 11) is 0. The van der Waals surface area contributed by atoms with E-state index in [2.05, 4.69) is 9.97 Å². The maximum absolute atomic E-state index is 4.26. The van der Waals surface area contributed by atoms with Gasteiger partial charge in [-0.25, -0.2) is 4.98 Å². The lowest BCUT2D eigenvalue weighted by molar-refractivity contribution is 1.17. The first-order valence-corrected chi connectivity index (χ1v) is 4.27. The molecule has 12 heavy (non-hydrogen) atoms. The second-order valence-corrected chi connectivity index (χ2v) is 2.34. The van der Waals surface area contributed by atoms with E-state index >= 15 is 0 Å². The van der Waals surface area contributed by atoms with Gasteiger partial charge in [0, 0.05) is 1.43 Å². The summed E-state index contributed by atoms with van der Waals surface area (Å²) in [5.74, 6) is 0.973. The highest BCUT2D eigenvalue weighted by Crippen LogP contribution is 2.08. The van der Waals surface area contributed by atoms with Crippen LogP contribution < -0.4 is 0 Å². The van der Waals surface area contributed by atoms with Crippen LogP contribution in [0.1, 0.15) is 21.1 Å². The molecule has 1 aromatic heterocycles. The summed E-state index contributed by atoms with van der Waals surface area (Å²) in [6.45, 7) is 5.96. The molecule has 1 aromatic carbocycles. The van der Waals surface area contributed by atoms with E-state index in [1.54, 1.807) is 0 Å². The van der Waals surface area contributed by atoms with Crippen LogP contribution >= 0.6 is 0 Å². The van der Waals surface area contributed by atoms with Gasteiger partial charge in [0.25, 0.3) is 0 Å². The van der Waals surface area contributed by atoms with Gasteiger partial charge in [-0.15, -0.1) is 0 Å². The molecule has 0 atom stereocenters. The van der Waals surface area contributed by atoms with Crippen molar-refractivity contribution in [2.24, 2.45) is 0 Å². The number of rotatable bonds is 0. The van der Waals surface area contributed by atoms with E-state index < -0.39 is 0 Å². The number of nitrogens with zero attached hydrogens (tertiary/aromatic N) is 1. The Morgan fingerprint density at radius 3 is 2.58 bits per heavy atom. The molecule has 0 aliphatic carbocycles. The van der Waals surface area contributed by atoms with Crippen LogP contribution in [0.2, 0.25) is 0 Å². The summed E-state index contributed by atoms with van der Waals surface area (Å²) < 4.78 is 0. The van der Waals surface area contributed by atoms with Crippen molar-refractivity contribution in [3.8, 4) is 0 Å². The number of imidazole rings is 1. The zero-order chi connectivity index (χ0) is 8.97. The highest BCUT2D eigenvalue weighted by atomic mass is 14.9. The topological polar surface area (TPSA) is 28.7 Å². The lowest BCUT2D eigenvalue weighted by Crippen LogP contribution is -1.68. The number of hydrogen-bond acceptors (Lipinski definition) is 1. The SMILES string of the molecule is CC.Cc1nc2ccccc2[nH]1.[HH]. The zero-order valence-electron chi connectivity index (χ0n) is 7.76. The van der Waals surface area contributed by atoms with Crippen molar-refractivity contribution in [2.75, 3.05) is 0 Å². The normalized spacial score (nSPS) is 9.25. The van der Waals surface area contributed by atoms with Crippen LogP contribution in [-0.2, 0) is 0 Å². The smallest absolute Gasteiger partial charge is 0.104 e. The molecule has 2 aromatic rings. The van der Waals surface area contributed by atoms with E-state index in [0.29, 0.717) is 0 Å². The molecule has 0 fully saturated rings. The Labute approximate surface area is 74.1 Å². The van der Waals surface area contributed by atoms with Crippen LogP contribution in [0.4, 0.5) is 0 Å². The van der Waals surface area contributed by atoms with E-state index in [4.69, 9.17) is 0 Å². The predicted octanol–water partition coefficient (Wildman–Crippen LogP) is 3.14. The van der Waals surface area contributed by atoms with Gasteiger partial charge in [0.05, 0.1) is 11.0 Å². The molecule has 0 amide bonds. The summed E-state index contributed by atoms with van der Waals surface area (Å²) >= 11 is 0. The van der Waals surface area contributed by atoms with Crippen molar-refractivity contribution in [2.45, 2.75) is 20.8 Å². The molecular weight excluding hydrogens is 148 g/mol. The van der Waals surface area contributed by atoms with Crippen molar-refractivity contribution in [1.82, 2.24) is 9.97 Å². The van der Waals surface area contributed by atoms with Crippen LogP contribution in [0.25, 0.3) is 11.0 Å². The molecule has 0 bridgehead atoms. The van der Waals surface area contributed by atoms with Crippen molar-refractivity contribution in [1.29, 1.82) is 0 Å². The van der Waals surface area contributed by atoms with Crippen molar-refractivity contribution >= 4 is 11.0 Å². The quantitative estimate of drug-likeness (QED) is 0.636. The number of nitrogens with one attached hydrogen (secondary N) is 1. The third-order valence-electron chi connectivity index (χ3n) is 1.51. The number of aryl methyl sites for hydroxylation is 1. The number of aromatic nitrogens is 2. The maximum Gasteiger partial charge on any atom is 0.104 e. The molecule has 0 aliphatic rings. The average molecular weight is 164 g/mol. The highest BCUT2D eigenvalue weighted by molar-refractivity contribution is 5.74. The molecule has 66 valence electrons. The van der Waals surface area contributed by atoms with E-state index in [0.717, 1.165) is 16.9 Å². The fraction of sp³-hybridized carbons (Fsp3) is 0.300. The van der Waals surface area contributed by atoms with Crippen molar-refractivity contribution < 1.29 is 1.43 Å². The Hall–Kier alpha value is -1.31. The first kappa shape index (κ1) is 8.78. The fourth-order valence-corrected chi connectivity index (χ4v) is 1.08. The van der Waals surface area contributed by atoms with Gasteiger partial charge in [-0.1, -0.05) is 26.0 Å². The van der Waals surface area contributed by atoms with Crippen LogP contribution in [0.3, 0.4) is 0 Å². The second kappa shape index (κ2) is 3.90. The molecule has 1 heterocycles. The lowest BCUT2D eigenvalue weighted by atomic mass is 10.3. The van der Waals surface area contributed by atoms with Crippen LogP contribution in [0.15, 0.2) is 24.3 Å². The third kappa shape index (κ3) is 1.64. The molecule has 2 heteroatoms. The van der Waals surface area contributed by atoms with Gasteiger partial charge in [-0.05, 0) is 19.1 Å². The summed E-state index contributed by atoms with van der Waals surface area (Å²) in [6, 6.07) is 8.01. The summed E-state index contributed by atoms with van der Waals surface area (Å²) in [4.78, 5) is 7.40. The molecule has 1 N–H and O–H groups in total. The second-order valence-electron chi connectivity index (χ2n) is 2.34. The minimum absolute atomic E-state index is 0. The fourth-order valence-electron chi connectivity index (χ4n) is 1.08. The number of H-pyrrole nitrogens is 1. The van der Waals surface area contributed by atoms with Gasteiger partial charge >= 0.3 is 0 Å². The molecule has 0 spiro atoms. The summed E-state index contributed by atoms with van der Waals surface area (Å²) in [5, 5.41) is 0. The van der Waals surface area contributed by atoms with Gasteiger partial charge < -0.3 is 4.98 Å². The molecule has 0 saturated carbocycles. The molecule has 2 nitrogen and oxygen atoms in total. The van der Waals surface area contributed by atoms with Crippen molar-refractivity contribution in [3.63, 3.8) is 0 Å². The van der Waals surface area contributed by atoms with Gasteiger partial charge in [0.1, 0.15) is 5.82 Å². The Bertz CT molecular complexity index is 321. The van der Waals surface area contributed by atoms with Gasteiger partial charge in [-0.3, -0.25) is 0 Å². The number of fused-ring (bicyclic) bond motifs is 1. The minimum atomic E-state index is 0. The number of hydrogen-bond donors (Lipinski definition) is 1. The number of para-hydroxylation sites is 2. The van der Waals surface area contributed by atoms with Gasteiger partial charge in [0.15, 0.2) is 0 Å². The predicted molar refractivity (Wildman–Crippen MR) is 54.3 cm³/mol. The van der Waals surface area contributed by atoms with E-state index in [9.17, 15) is 0 Å². The summed E-state index contributed by atoms with van der Waals surface area (Å²) in [5.41, 5.74) is 2.15. The van der Waals surface area contributed by atoms with Crippen LogP contribution in [0, 0.1) is 6.92 Å². The van der Waals surface area contributed by atoms with E-state index in [-0.39, 0.29) is 1.43 Å². The van der Waals surface area contributed by atoms with E-state index in [1.165, 1.54) is 0 Å². The molecule has 0 aliphatic heterocycles. The van der Waals surface area contributed by atoms with Gasteiger partial charge in [0.2, 0.25) is 0 Å². The van der Waals surface area contributed by atoms with Crippen molar-refractivity contribution in [3.05, 3.63) is 30.1 Å². The lowest BCUT2D eigenvalue weighted by Gasteiger charge is -1.81. The molecule has 0 radical (unpaired) electrons. The van der Waals surface area contributed by atoms with Gasteiger partial charge in [-0.2, -0.15) is 0 Å². The molecule has 0 unspecified atom stereocenters. The van der Waals surface area contributed by atoms with E-state index in [1.807, 2.05) is 45.0 Å². The Morgan fingerprint density at radius 2 is 1.92 bits per heavy atom. The standard InChI is InChI=1S/C8H8N2.C2H6.H2/c1-6-9-7-4-2-3-5-8(7)10-6;1-2;/h2-5H,1H3,(H,9,10);1-2H3;1H. The monoisotopic (exact) mass is 164 g/mol. The molecule has 0 saturated heterocycles. The minimum Gasteiger partial charge on any atom is -0.342 e. The maximum atomic E-state index is 4.26. The van der Waals surface area contributed by atoms with Crippen LogP contribution in [0.5, 0.6) is 0 Å². The Morgan fingerprint density at radius 1 is 1.25 bits per heavy atom. The largest absolute Gasteiger partial charge is 0.342 e. The Balaban J connectivity index is 0.000000451. The average Bonchev–Trinajstić information content (AvgIpc) is 2.48. The zero-order valence-corrected chi connectivity index (χ0v) is 7.76. The first-order valence-electron chi connectivity index (χ1n) is 4.27.